The van der Waals surface area contributed by atoms with Gasteiger partial charge in [-0.2, -0.15) is 0 Å². The summed E-state index contributed by atoms with van der Waals surface area (Å²) in [7, 11) is 2.01. The number of para-hydroxylation sites is 1. The number of nitrogens with one attached hydrogen (secondary N) is 2. The average molecular weight is 448 g/mol. The lowest BCUT2D eigenvalue weighted by Gasteiger charge is -2.15. The summed E-state index contributed by atoms with van der Waals surface area (Å²) in [5, 5.41) is 7.43. The SMILES string of the molecule is Cc1c2c3cc(NC(=O)CNC(=O)CN)ccc3nc-2n(C)c2ccccc12.Cl.Cl. The quantitative estimate of drug-likeness (QED) is 0.447. The third-order valence-electron chi connectivity index (χ3n) is 4.99. The lowest BCUT2D eigenvalue weighted by atomic mass is 10.00. The van der Waals surface area contributed by atoms with E-state index in [1.807, 2.05) is 37.4 Å². The van der Waals surface area contributed by atoms with Gasteiger partial charge in [0.25, 0.3) is 0 Å². The maximum Gasteiger partial charge on any atom is 0.243 e. The van der Waals surface area contributed by atoms with E-state index in [1.165, 1.54) is 5.39 Å². The third-order valence-corrected chi connectivity index (χ3v) is 4.99. The predicted molar refractivity (Wildman–Crippen MR) is 125 cm³/mol. The summed E-state index contributed by atoms with van der Waals surface area (Å²) in [5.41, 5.74) is 10.1. The molecule has 7 nitrogen and oxygen atoms in total. The zero-order valence-electron chi connectivity index (χ0n) is 16.6. The highest BCUT2D eigenvalue weighted by Crippen LogP contribution is 2.38. The van der Waals surface area contributed by atoms with E-state index in [0.717, 1.165) is 33.4 Å². The molecule has 0 aliphatic carbocycles. The van der Waals surface area contributed by atoms with Gasteiger partial charge in [-0.1, -0.05) is 18.2 Å². The molecule has 0 fully saturated rings. The van der Waals surface area contributed by atoms with E-state index in [0.29, 0.717) is 5.69 Å². The van der Waals surface area contributed by atoms with Crippen LogP contribution in [0.2, 0.25) is 0 Å². The summed E-state index contributed by atoms with van der Waals surface area (Å²) < 4.78 is 2.10. The van der Waals surface area contributed by atoms with Crippen LogP contribution in [0.1, 0.15) is 5.56 Å². The van der Waals surface area contributed by atoms with Crippen LogP contribution in [-0.2, 0) is 16.6 Å². The van der Waals surface area contributed by atoms with Crippen LogP contribution in [0.3, 0.4) is 0 Å². The smallest absolute Gasteiger partial charge is 0.243 e. The number of aromatic nitrogens is 2. The predicted octanol–water partition coefficient (Wildman–Crippen LogP) is 3.00. The molecule has 2 aromatic carbocycles. The molecule has 0 aromatic heterocycles. The largest absolute Gasteiger partial charge is 0.346 e. The first-order chi connectivity index (χ1) is 13.5. The van der Waals surface area contributed by atoms with Crippen LogP contribution in [0.4, 0.5) is 5.69 Å². The van der Waals surface area contributed by atoms with E-state index in [4.69, 9.17) is 10.7 Å². The Bertz CT molecular complexity index is 1210. The fraction of sp³-hybridized carbons (Fsp3) is 0.190. The summed E-state index contributed by atoms with van der Waals surface area (Å²) in [6, 6.07) is 13.9. The number of benzene rings is 2. The fourth-order valence-corrected chi connectivity index (χ4v) is 3.60. The van der Waals surface area contributed by atoms with Gasteiger partial charge in [-0.15, -0.1) is 24.8 Å². The topological polar surface area (TPSA) is 102 Å². The first-order valence-electron chi connectivity index (χ1n) is 9.03. The van der Waals surface area contributed by atoms with Gasteiger partial charge in [-0.3, -0.25) is 9.59 Å². The van der Waals surface area contributed by atoms with E-state index in [1.54, 1.807) is 0 Å². The van der Waals surface area contributed by atoms with Crippen LogP contribution < -0.4 is 16.4 Å². The van der Waals surface area contributed by atoms with Crippen molar-refractivity contribution >= 4 is 64.1 Å². The van der Waals surface area contributed by atoms with Crippen LogP contribution in [0.5, 0.6) is 0 Å². The lowest BCUT2D eigenvalue weighted by molar-refractivity contribution is -0.123. The van der Waals surface area contributed by atoms with Gasteiger partial charge in [0.2, 0.25) is 11.8 Å². The molecule has 4 rings (SSSR count). The third kappa shape index (κ3) is 4.05. The summed E-state index contributed by atoms with van der Waals surface area (Å²) in [6.07, 6.45) is 0. The molecule has 2 aromatic rings. The molecule has 2 aliphatic rings. The van der Waals surface area contributed by atoms with Crippen LogP contribution in [0.25, 0.3) is 33.2 Å². The summed E-state index contributed by atoms with van der Waals surface area (Å²) in [5.74, 6) is 0.231. The number of pyridine rings is 1. The van der Waals surface area contributed by atoms with Gasteiger partial charge in [0.05, 0.1) is 18.6 Å². The molecule has 0 bridgehead atoms. The molecule has 158 valence electrons. The highest BCUT2D eigenvalue weighted by molar-refractivity contribution is 6.05. The molecule has 2 amide bonds. The molecule has 0 saturated carbocycles. The minimum absolute atomic E-state index is 0. The van der Waals surface area contributed by atoms with Crippen molar-refractivity contribution in [2.24, 2.45) is 12.8 Å². The van der Waals surface area contributed by atoms with Crippen molar-refractivity contribution in [2.75, 3.05) is 18.4 Å². The number of hydrogen-bond acceptors (Lipinski definition) is 4. The Labute approximate surface area is 186 Å². The van der Waals surface area contributed by atoms with E-state index >= 15 is 0 Å². The zero-order valence-corrected chi connectivity index (χ0v) is 18.2. The Morgan fingerprint density at radius 3 is 2.53 bits per heavy atom. The van der Waals surface area contributed by atoms with E-state index < -0.39 is 0 Å². The normalized spacial score (nSPS) is 10.5. The minimum atomic E-state index is -0.369. The number of fused-ring (bicyclic) bond motifs is 4. The first-order valence-corrected chi connectivity index (χ1v) is 9.03. The molecule has 0 saturated heterocycles. The average Bonchev–Trinajstić information content (AvgIpc) is 3.09. The molecule has 9 heteroatoms. The van der Waals surface area contributed by atoms with Crippen LogP contribution in [0, 0.1) is 6.92 Å². The second-order valence-electron chi connectivity index (χ2n) is 6.77. The molecular weight excluding hydrogens is 425 g/mol. The van der Waals surface area contributed by atoms with Crippen LogP contribution in [0.15, 0.2) is 42.5 Å². The number of carbonyl (C=O) groups is 2. The number of amides is 2. The number of aryl methyl sites for hydroxylation is 2. The number of hydrogen-bond donors (Lipinski definition) is 3. The van der Waals surface area contributed by atoms with Gasteiger partial charge < -0.3 is 20.9 Å². The van der Waals surface area contributed by atoms with Gasteiger partial charge in [0.1, 0.15) is 5.82 Å². The molecule has 2 aliphatic heterocycles. The Morgan fingerprint density at radius 2 is 1.80 bits per heavy atom. The van der Waals surface area contributed by atoms with Crippen molar-refractivity contribution < 1.29 is 9.59 Å². The lowest BCUT2D eigenvalue weighted by Crippen LogP contribution is -2.36. The standard InChI is InChI=1S/C21H21N5O2.2ClH/c1-12-14-5-3-4-6-17(14)26(2)21-20(12)15-9-13(7-8-16(15)25-21)24-19(28)11-23-18(27)10-22;;/h3-9H,10-11,22H2,1-2H3,(H,23,27)(H,24,28);2*1H. The molecule has 30 heavy (non-hydrogen) atoms. The van der Waals surface area contributed by atoms with Gasteiger partial charge in [0, 0.05) is 34.6 Å². The van der Waals surface area contributed by atoms with Crippen molar-refractivity contribution in [1.29, 1.82) is 0 Å². The number of nitrogens with two attached hydrogens (primary N) is 1. The zero-order chi connectivity index (χ0) is 19.8. The summed E-state index contributed by atoms with van der Waals surface area (Å²) in [6.45, 7) is 1.83. The fourth-order valence-electron chi connectivity index (χ4n) is 3.60. The van der Waals surface area contributed by atoms with Crippen LogP contribution in [-0.4, -0.2) is 34.5 Å². The van der Waals surface area contributed by atoms with Gasteiger partial charge >= 0.3 is 0 Å². The van der Waals surface area contributed by atoms with Crippen LogP contribution >= 0.6 is 24.8 Å². The number of carbonyl (C=O) groups excluding carboxylic acids is 2. The maximum atomic E-state index is 12.1. The Kier molecular flexibility index (Phi) is 7.25. The monoisotopic (exact) mass is 447 g/mol. The number of anilines is 1. The summed E-state index contributed by atoms with van der Waals surface area (Å²) >= 11 is 0. The molecule has 0 spiro atoms. The van der Waals surface area contributed by atoms with Crippen molar-refractivity contribution in [1.82, 2.24) is 14.9 Å². The molecular formula is C21H23Cl2N5O2. The van der Waals surface area contributed by atoms with Gasteiger partial charge in [-0.25, -0.2) is 4.98 Å². The molecule has 0 unspecified atom stereocenters. The van der Waals surface area contributed by atoms with E-state index in [2.05, 4.69) is 34.3 Å². The van der Waals surface area contributed by atoms with Crippen molar-refractivity contribution in [3.8, 4) is 11.4 Å². The second-order valence-corrected chi connectivity index (χ2v) is 6.77. The second kappa shape index (κ2) is 9.30. The molecule has 4 N–H and O–H groups in total. The van der Waals surface area contributed by atoms with Crippen molar-refractivity contribution in [2.45, 2.75) is 6.92 Å². The van der Waals surface area contributed by atoms with E-state index in [-0.39, 0.29) is 49.7 Å². The number of halogens is 2. The van der Waals surface area contributed by atoms with E-state index in [9.17, 15) is 9.59 Å². The van der Waals surface area contributed by atoms with Crippen molar-refractivity contribution in [3.05, 3.63) is 48.0 Å². The Balaban J connectivity index is 0.00000160. The number of nitrogens with zero attached hydrogens (tertiary/aromatic N) is 2. The number of rotatable bonds is 4. The minimum Gasteiger partial charge on any atom is -0.346 e. The van der Waals surface area contributed by atoms with Gasteiger partial charge in [-0.05, 0) is 36.8 Å². The highest BCUT2D eigenvalue weighted by Gasteiger charge is 2.20. The Morgan fingerprint density at radius 1 is 1.07 bits per heavy atom. The Hall–Kier alpha value is -2.87. The first kappa shape index (κ1) is 23.4. The van der Waals surface area contributed by atoms with Gasteiger partial charge in [0.15, 0.2) is 0 Å². The maximum absolute atomic E-state index is 12.1. The van der Waals surface area contributed by atoms with Crippen molar-refractivity contribution in [3.63, 3.8) is 0 Å². The molecule has 2 heterocycles. The molecule has 0 atom stereocenters. The summed E-state index contributed by atoms with van der Waals surface area (Å²) in [4.78, 5) is 28.1. The highest BCUT2D eigenvalue weighted by atomic mass is 35.5. The molecule has 0 radical (unpaired) electrons.